The molecule has 0 aliphatic heterocycles. The van der Waals surface area contributed by atoms with Crippen LogP contribution in [0.2, 0.25) is 5.02 Å². The minimum Gasteiger partial charge on any atom is -0.476 e. The smallest absolute Gasteiger partial charge is 0.356 e. The number of urea groups is 1. The topological polar surface area (TPSA) is 162 Å². The van der Waals surface area contributed by atoms with Crippen molar-refractivity contribution in [1.29, 1.82) is 5.26 Å². The number of ether oxygens (including phenoxy) is 1. The summed E-state index contributed by atoms with van der Waals surface area (Å²) < 4.78 is 5.79. The number of nitrogens with one attached hydrogen (secondary N) is 3. The maximum absolute atomic E-state index is 12.2. The van der Waals surface area contributed by atoms with Gasteiger partial charge in [-0.3, -0.25) is 5.32 Å². The summed E-state index contributed by atoms with van der Waals surface area (Å²) in [6, 6.07) is 11.6. The Hall–Kier alpha value is -4.17. The molecule has 0 bridgehead atoms. The van der Waals surface area contributed by atoms with Crippen LogP contribution in [0.3, 0.4) is 0 Å². The number of aliphatic imine (C=N–C) groups is 1. The lowest BCUT2D eigenvalue weighted by molar-refractivity contribution is 0.0688. The Morgan fingerprint density at radius 2 is 2.00 bits per heavy atom. The molecule has 2 aromatic rings. The number of allylic oxidation sites excluding steroid dienone is 1. The summed E-state index contributed by atoms with van der Waals surface area (Å²) in [6.07, 6.45) is 3.75. The number of amides is 2. The van der Waals surface area contributed by atoms with E-state index in [1.807, 2.05) is 24.3 Å². The van der Waals surface area contributed by atoms with Gasteiger partial charge < -0.3 is 20.5 Å². The summed E-state index contributed by atoms with van der Waals surface area (Å²) in [5.41, 5.74) is 1.57. The highest BCUT2D eigenvalue weighted by Gasteiger charge is 2.18. The van der Waals surface area contributed by atoms with Gasteiger partial charge in [0.2, 0.25) is 11.8 Å². The molecular weight excluding hydrogens is 474 g/mol. The second-order valence-corrected chi connectivity index (χ2v) is 7.94. The summed E-state index contributed by atoms with van der Waals surface area (Å²) in [6.45, 7) is 0.642. The maximum Gasteiger partial charge on any atom is 0.356 e. The first-order chi connectivity index (χ1) is 16.9. The number of carbonyl (C=O) groups excluding carboxylic acids is 1. The van der Waals surface area contributed by atoms with Crippen LogP contribution in [-0.4, -0.2) is 45.9 Å². The molecule has 0 spiro atoms. The van der Waals surface area contributed by atoms with E-state index in [2.05, 4.69) is 31.1 Å². The van der Waals surface area contributed by atoms with Crippen molar-refractivity contribution in [1.82, 2.24) is 26.1 Å². The lowest BCUT2D eigenvalue weighted by Crippen LogP contribution is -2.46. The standard InChI is InChI=1S/C23H24ClN7O4/c24-16-4-2-15(3-5-16)14-27-22(29-23(34)26-13-1-12-25)28-17-6-8-18(9-7-17)35-20-11-10-19(21(32)33)30-31-20/h2-6,10-11,18H,1,7-9,13-14H2,(H,32,33)(H3,26,27,28,29,34). The van der Waals surface area contributed by atoms with Gasteiger partial charge in [-0.2, -0.15) is 5.26 Å². The molecule has 3 rings (SSSR count). The van der Waals surface area contributed by atoms with Gasteiger partial charge in [-0.15, -0.1) is 10.2 Å². The van der Waals surface area contributed by atoms with Gasteiger partial charge in [0.05, 0.1) is 12.5 Å². The molecule has 1 aromatic carbocycles. The van der Waals surface area contributed by atoms with Crippen LogP contribution in [0.1, 0.15) is 41.7 Å². The van der Waals surface area contributed by atoms with E-state index in [1.165, 1.54) is 12.1 Å². The van der Waals surface area contributed by atoms with Crippen molar-refractivity contribution in [3.8, 4) is 11.9 Å². The second-order valence-electron chi connectivity index (χ2n) is 7.50. The van der Waals surface area contributed by atoms with Crippen LogP contribution >= 0.6 is 11.6 Å². The fourth-order valence-electron chi connectivity index (χ4n) is 3.10. The van der Waals surface area contributed by atoms with Gasteiger partial charge in [0.25, 0.3) is 0 Å². The molecule has 1 aromatic heterocycles. The largest absolute Gasteiger partial charge is 0.476 e. The van der Waals surface area contributed by atoms with Gasteiger partial charge in [0.15, 0.2) is 5.69 Å². The zero-order valence-electron chi connectivity index (χ0n) is 18.7. The third-order valence-corrected chi connectivity index (χ3v) is 5.12. The average molecular weight is 498 g/mol. The highest BCUT2D eigenvalue weighted by atomic mass is 35.5. The number of aromatic nitrogens is 2. The summed E-state index contributed by atoms with van der Waals surface area (Å²) in [4.78, 5) is 27.6. The first-order valence-electron chi connectivity index (χ1n) is 10.8. The van der Waals surface area contributed by atoms with E-state index in [0.29, 0.717) is 30.8 Å². The number of carboxylic acid groups (broad SMARTS) is 1. The molecule has 35 heavy (non-hydrogen) atoms. The number of rotatable bonds is 8. The van der Waals surface area contributed by atoms with Gasteiger partial charge in [-0.1, -0.05) is 29.8 Å². The molecule has 1 aliphatic rings. The minimum atomic E-state index is -1.15. The molecule has 4 N–H and O–H groups in total. The number of nitriles is 1. The predicted octanol–water partition coefficient (Wildman–Crippen LogP) is 3.00. The monoisotopic (exact) mass is 497 g/mol. The SMILES string of the molecule is N#CCCNC(=O)N/C(=N\C1=CCC(Oc2ccc(C(=O)O)nn2)CC1)NCc1ccc(Cl)cc1. The molecule has 182 valence electrons. The second kappa shape index (κ2) is 12.9. The Labute approximate surface area is 206 Å². The van der Waals surface area contributed by atoms with E-state index in [9.17, 15) is 9.59 Å². The summed E-state index contributed by atoms with van der Waals surface area (Å²) in [5.74, 6) is -0.628. The molecule has 1 aliphatic carbocycles. The van der Waals surface area contributed by atoms with Gasteiger partial charge >= 0.3 is 12.0 Å². The Morgan fingerprint density at radius 1 is 1.20 bits per heavy atom. The van der Waals surface area contributed by atoms with Gasteiger partial charge in [-0.05, 0) is 36.6 Å². The van der Waals surface area contributed by atoms with E-state index < -0.39 is 12.0 Å². The van der Waals surface area contributed by atoms with Crippen molar-refractivity contribution < 1.29 is 19.4 Å². The number of nitrogens with zero attached hydrogens (tertiary/aromatic N) is 4. The number of benzene rings is 1. The number of carboxylic acids is 1. The van der Waals surface area contributed by atoms with Crippen LogP contribution in [0, 0.1) is 11.3 Å². The van der Waals surface area contributed by atoms with E-state index in [4.69, 9.17) is 26.7 Å². The molecule has 2 amide bonds. The van der Waals surface area contributed by atoms with Gasteiger partial charge in [0, 0.05) is 36.3 Å². The van der Waals surface area contributed by atoms with E-state index in [0.717, 1.165) is 11.3 Å². The third-order valence-electron chi connectivity index (χ3n) is 4.87. The van der Waals surface area contributed by atoms with Crippen LogP contribution in [0.25, 0.3) is 0 Å². The van der Waals surface area contributed by atoms with Gasteiger partial charge in [0.1, 0.15) is 6.10 Å². The first-order valence-corrected chi connectivity index (χ1v) is 11.2. The molecule has 1 unspecified atom stereocenters. The highest BCUT2D eigenvalue weighted by molar-refractivity contribution is 6.30. The number of halogens is 1. The van der Waals surface area contributed by atoms with E-state index in [1.54, 1.807) is 12.1 Å². The molecular formula is C23H24ClN7O4. The van der Waals surface area contributed by atoms with Gasteiger partial charge in [-0.25, -0.2) is 14.6 Å². The van der Waals surface area contributed by atoms with Crippen LogP contribution in [0.15, 0.2) is 53.2 Å². The van der Waals surface area contributed by atoms with Crippen molar-refractivity contribution >= 4 is 29.6 Å². The number of guanidine groups is 1. The normalized spacial score (nSPS) is 15.4. The molecule has 11 nitrogen and oxygen atoms in total. The molecule has 12 heteroatoms. The first kappa shape index (κ1) is 25.5. The summed E-state index contributed by atoms with van der Waals surface area (Å²) in [5, 5.41) is 34.0. The Bertz CT molecular complexity index is 1130. The Morgan fingerprint density at radius 3 is 2.63 bits per heavy atom. The number of hydrogen-bond acceptors (Lipinski definition) is 7. The molecule has 0 fully saturated rings. The van der Waals surface area contributed by atoms with Crippen LogP contribution in [-0.2, 0) is 6.54 Å². The Kier molecular flexibility index (Phi) is 9.39. The predicted molar refractivity (Wildman–Crippen MR) is 128 cm³/mol. The van der Waals surface area contributed by atoms with Crippen molar-refractivity contribution in [3.63, 3.8) is 0 Å². The third kappa shape index (κ3) is 8.60. The molecule has 0 saturated heterocycles. The average Bonchev–Trinajstić information content (AvgIpc) is 2.85. The van der Waals surface area contributed by atoms with Crippen LogP contribution in [0.4, 0.5) is 4.79 Å². The van der Waals surface area contributed by atoms with Crippen molar-refractivity contribution in [3.05, 3.63) is 64.5 Å². The molecule has 1 heterocycles. The van der Waals surface area contributed by atoms with Crippen LogP contribution < -0.4 is 20.7 Å². The lowest BCUT2D eigenvalue weighted by Gasteiger charge is -2.21. The lowest BCUT2D eigenvalue weighted by atomic mass is 10.0. The Balaban J connectivity index is 1.62. The van der Waals surface area contributed by atoms with Crippen molar-refractivity contribution in [2.45, 2.75) is 38.3 Å². The maximum atomic E-state index is 12.2. The van der Waals surface area contributed by atoms with E-state index in [-0.39, 0.29) is 36.6 Å². The highest BCUT2D eigenvalue weighted by Crippen LogP contribution is 2.23. The number of aromatic carboxylic acids is 1. The summed E-state index contributed by atoms with van der Waals surface area (Å²) in [7, 11) is 0. The zero-order valence-corrected chi connectivity index (χ0v) is 19.5. The molecule has 0 radical (unpaired) electrons. The fraction of sp³-hybridized carbons (Fsp3) is 0.304. The number of carbonyl (C=O) groups is 2. The fourth-order valence-corrected chi connectivity index (χ4v) is 3.23. The van der Waals surface area contributed by atoms with E-state index >= 15 is 0 Å². The van der Waals surface area contributed by atoms with Crippen molar-refractivity contribution in [2.24, 2.45) is 4.99 Å². The minimum absolute atomic E-state index is 0.152. The quantitative estimate of drug-likeness (QED) is 0.246. The molecule has 1 atom stereocenters. The molecule has 0 saturated carbocycles. The van der Waals surface area contributed by atoms with Crippen molar-refractivity contribution in [2.75, 3.05) is 6.54 Å². The zero-order chi connectivity index (χ0) is 25.0. The number of hydrogen-bond donors (Lipinski definition) is 4. The van der Waals surface area contributed by atoms with Crippen LogP contribution in [0.5, 0.6) is 5.88 Å². The summed E-state index contributed by atoms with van der Waals surface area (Å²) >= 11 is 5.93.